The lowest BCUT2D eigenvalue weighted by molar-refractivity contribution is -0.111. The maximum absolute atomic E-state index is 14.5. The Balaban J connectivity index is 1.61. The molecule has 1 aliphatic rings. The van der Waals surface area contributed by atoms with Gasteiger partial charge >= 0.3 is 0 Å². The number of phenols is 1. The molecule has 0 aliphatic carbocycles. The normalized spacial score (nSPS) is 13.5. The van der Waals surface area contributed by atoms with E-state index in [1.54, 1.807) is 18.2 Å². The number of ether oxygens (including phenoxy) is 1. The van der Waals surface area contributed by atoms with E-state index in [4.69, 9.17) is 4.74 Å². The van der Waals surface area contributed by atoms with Gasteiger partial charge in [-0.25, -0.2) is 18.7 Å². The van der Waals surface area contributed by atoms with Crippen molar-refractivity contribution in [2.75, 3.05) is 41.8 Å². The summed E-state index contributed by atoms with van der Waals surface area (Å²) in [7, 11) is 0. The molecule has 0 saturated carbocycles. The van der Waals surface area contributed by atoms with Crippen molar-refractivity contribution in [1.82, 2.24) is 9.97 Å². The molecule has 0 bridgehead atoms. The Labute approximate surface area is 188 Å². The average molecular weight is 453 g/mol. The maximum Gasteiger partial charge on any atom is 0.247 e. The van der Waals surface area contributed by atoms with Crippen LogP contribution < -0.4 is 15.5 Å². The van der Waals surface area contributed by atoms with Gasteiger partial charge in [-0.15, -0.1) is 0 Å². The van der Waals surface area contributed by atoms with Gasteiger partial charge in [-0.3, -0.25) is 4.79 Å². The van der Waals surface area contributed by atoms with E-state index in [2.05, 4.69) is 27.2 Å². The minimum absolute atomic E-state index is 0.0752. The lowest BCUT2D eigenvalue weighted by atomic mass is 10.1. The number of anilines is 4. The van der Waals surface area contributed by atoms with Crippen molar-refractivity contribution in [2.24, 2.45) is 0 Å². The Morgan fingerprint density at radius 3 is 2.70 bits per heavy atom. The first-order chi connectivity index (χ1) is 15.9. The van der Waals surface area contributed by atoms with Crippen molar-refractivity contribution < 1.29 is 23.4 Å². The molecule has 8 nitrogen and oxygen atoms in total. The highest BCUT2D eigenvalue weighted by Crippen LogP contribution is 2.32. The van der Waals surface area contributed by atoms with E-state index in [-0.39, 0.29) is 28.6 Å². The first-order valence-electron chi connectivity index (χ1n) is 10.1. The highest BCUT2D eigenvalue weighted by atomic mass is 19.1. The van der Waals surface area contributed by atoms with Crippen LogP contribution >= 0.6 is 0 Å². The molecule has 3 N–H and O–H groups in total. The number of hydrogen-bond acceptors (Lipinski definition) is 7. The molecule has 1 aromatic heterocycles. The number of carbonyl (C=O) groups is 1. The van der Waals surface area contributed by atoms with Crippen LogP contribution in [0.15, 0.2) is 55.3 Å². The lowest BCUT2D eigenvalue weighted by Crippen LogP contribution is -2.36. The Kier molecular flexibility index (Phi) is 6.45. The van der Waals surface area contributed by atoms with Crippen LogP contribution in [0.25, 0.3) is 11.3 Å². The van der Waals surface area contributed by atoms with Crippen LogP contribution in [0.1, 0.15) is 0 Å². The molecule has 3 aromatic rings. The number of carbonyl (C=O) groups excluding carboxylic acids is 1. The Morgan fingerprint density at radius 1 is 1.15 bits per heavy atom. The first-order valence-corrected chi connectivity index (χ1v) is 10.1. The molecule has 10 heteroatoms. The van der Waals surface area contributed by atoms with Crippen LogP contribution in [0.4, 0.5) is 31.8 Å². The quantitative estimate of drug-likeness (QED) is 0.385. The van der Waals surface area contributed by atoms with Gasteiger partial charge in [-0.1, -0.05) is 6.58 Å². The number of amides is 1. The van der Waals surface area contributed by atoms with E-state index < -0.39 is 17.5 Å². The first kappa shape index (κ1) is 22.2. The number of morpholine rings is 1. The number of aromatic hydroxyl groups is 1. The lowest BCUT2D eigenvalue weighted by Gasteiger charge is -2.29. The van der Waals surface area contributed by atoms with Crippen molar-refractivity contribution >= 4 is 28.9 Å². The predicted molar refractivity (Wildman–Crippen MR) is 121 cm³/mol. The van der Waals surface area contributed by atoms with Crippen LogP contribution in [0.3, 0.4) is 0 Å². The highest BCUT2D eigenvalue weighted by Gasteiger charge is 2.17. The second-order valence-electron chi connectivity index (χ2n) is 7.21. The van der Waals surface area contributed by atoms with Gasteiger partial charge in [0, 0.05) is 24.3 Å². The van der Waals surface area contributed by atoms with E-state index in [0.717, 1.165) is 18.3 Å². The third kappa shape index (κ3) is 5.07. The van der Waals surface area contributed by atoms with E-state index >= 15 is 0 Å². The number of phenolic OH excluding ortho intramolecular Hbond substituents is 1. The van der Waals surface area contributed by atoms with Gasteiger partial charge < -0.3 is 25.4 Å². The zero-order chi connectivity index (χ0) is 23.4. The van der Waals surface area contributed by atoms with E-state index in [1.165, 1.54) is 12.1 Å². The van der Waals surface area contributed by atoms with Crippen molar-refractivity contribution in [2.45, 2.75) is 0 Å². The number of halogens is 2. The van der Waals surface area contributed by atoms with Gasteiger partial charge in [0.1, 0.15) is 17.3 Å². The summed E-state index contributed by atoms with van der Waals surface area (Å²) in [5, 5.41) is 15.6. The second kappa shape index (κ2) is 9.61. The summed E-state index contributed by atoms with van der Waals surface area (Å²) < 4.78 is 33.9. The third-order valence-electron chi connectivity index (χ3n) is 5.01. The number of rotatable bonds is 6. The Bertz CT molecular complexity index is 1200. The Morgan fingerprint density at radius 2 is 1.94 bits per heavy atom. The van der Waals surface area contributed by atoms with Crippen LogP contribution in [0, 0.1) is 11.6 Å². The smallest absolute Gasteiger partial charge is 0.247 e. The van der Waals surface area contributed by atoms with E-state index in [1.807, 2.05) is 4.90 Å². The minimum atomic E-state index is -0.715. The molecule has 1 amide bonds. The number of nitrogens with one attached hydrogen (secondary N) is 2. The van der Waals surface area contributed by atoms with Crippen LogP contribution in [0.2, 0.25) is 0 Å². The van der Waals surface area contributed by atoms with Gasteiger partial charge in [0.15, 0.2) is 5.82 Å². The van der Waals surface area contributed by atoms with E-state index in [9.17, 15) is 18.7 Å². The zero-order valence-corrected chi connectivity index (χ0v) is 17.5. The summed E-state index contributed by atoms with van der Waals surface area (Å²) in [5.74, 6) is -1.76. The van der Waals surface area contributed by atoms with Crippen molar-refractivity contribution in [3.63, 3.8) is 0 Å². The number of hydrogen-bond donors (Lipinski definition) is 3. The fourth-order valence-corrected chi connectivity index (χ4v) is 3.37. The van der Waals surface area contributed by atoms with Gasteiger partial charge in [0.25, 0.3) is 0 Å². The molecule has 33 heavy (non-hydrogen) atoms. The summed E-state index contributed by atoms with van der Waals surface area (Å²) in [5.41, 5.74) is 1.27. The molecule has 1 fully saturated rings. The molecule has 4 rings (SSSR count). The topological polar surface area (TPSA) is 99.6 Å². The average Bonchev–Trinajstić information content (AvgIpc) is 2.83. The molecule has 0 radical (unpaired) electrons. The maximum atomic E-state index is 14.5. The fourth-order valence-electron chi connectivity index (χ4n) is 3.37. The number of aromatic nitrogens is 2. The summed E-state index contributed by atoms with van der Waals surface area (Å²) in [6, 6.07) is 8.68. The second-order valence-corrected chi connectivity index (χ2v) is 7.21. The molecule has 0 spiro atoms. The summed E-state index contributed by atoms with van der Waals surface area (Å²) in [6.07, 6.45) is 2.00. The van der Waals surface area contributed by atoms with Crippen molar-refractivity contribution in [3.8, 4) is 17.0 Å². The molecular weight excluding hydrogens is 432 g/mol. The monoisotopic (exact) mass is 453 g/mol. The minimum Gasteiger partial charge on any atom is -0.506 e. The molecule has 2 heterocycles. The van der Waals surface area contributed by atoms with Crippen LogP contribution in [-0.4, -0.2) is 47.3 Å². The molecule has 1 aliphatic heterocycles. The molecule has 1 saturated heterocycles. The van der Waals surface area contributed by atoms with Gasteiger partial charge in [-0.2, -0.15) is 0 Å². The van der Waals surface area contributed by atoms with Crippen molar-refractivity contribution in [3.05, 3.63) is 66.9 Å². The molecule has 2 aromatic carbocycles. The molecule has 0 atom stereocenters. The standard InChI is InChI=1S/C23H21F2N5O3/c1-2-21(32)28-18-11-14(3-5-16(18)24)22-17(25)13-26-23(29-22)27-15-4-6-20(31)19(12-15)30-7-9-33-10-8-30/h2-6,11-13,31H,1,7-10H2,(H,28,32)(H,26,27,29). The van der Waals surface area contributed by atoms with Crippen molar-refractivity contribution in [1.29, 1.82) is 0 Å². The summed E-state index contributed by atoms with van der Waals surface area (Å²) >= 11 is 0. The summed E-state index contributed by atoms with van der Waals surface area (Å²) in [4.78, 5) is 21.7. The Hall–Kier alpha value is -4.05. The van der Waals surface area contributed by atoms with Gasteiger partial charge in [0.2, 0.25) is 11.9 Å². The molecule has 170 valence electrons. The van der Waals surface area contributed by atoms with Crippen LogP contribution in [0.5, 0.6) is 5.75 Å². The van der Waals surface area contributed by atoms with Crippen LogP contribution in [-0.2, 0) is 9.53 Å². The largest absolute Gasteiger partial charge is 0.506 e. The highest BCUT2D eigenvalue weighted by molar-refractivity contribution is 5.99. The van der Waals surface area contributed by atoms with Gasteiger partial charge in [0.05, 0.1) is 30.8 Å². The molecular formula is C23H21F2N5O3. The summed E-state index contributed by atoms with van der Waals surface area (Å²) in [6.45, 7) is 5.74. The fraction of sp³-hybridized carbons (Fsp3) is 0.174. The predicted octanol–water partition coefficient (Wildman–Crippen LogP) is 3.83. The van der Waals surface area contributed by atoms with E-state index in [0.29, 0.717) is 37.7 Å². The van der Waals surface area contributed by atoms with Gasteiger partial charge in [-0.05, 0) is 42.5 Å². The zero-order valence-electron chi connectivity index (χ0n) is 17.5. The SMILES string of the molecule is C=CC(=O)Nc1cc(-c2nc(Nc3ccc(O)c(N4CCOCC4)c3)ncc2F)ccc1F. The number of nitrogens with zero attached hydrogens (tertiary/aromatic N) is 3. The molecule has 0 unspecified atom stereocenters. The third-order valence-corrected chi connectivity index (χ3v) is 5.01. The number of benzene rings is 2.